The van der Waals surface area contributed by atoms with Crippen LogP contribution in [-0.2, 0) is 16.0 Å². The summed E-state index contributed by atoms with van der Waals surface area (Å²) < 4.78 is 0. The SMILES string of the molecule is CNC(=O)C(C)(CC1Cc2ccccc2S1)C(=O)O. The quantitative estimate of drug-likeness (QED) is 0.827. The molecular weight excluding hydrogens is 262 g/mol. The summed E-state index contributed by atoms with van der Waals surface area (Å²) in [6.07, 6.45) is 1.15. The topological polar surface area (TPSA) is 66.4 Å². The molecule has 4 nitrogen and oxygen atoms in total. The van der Waals surface area contributed by atoms with E-state index in [1.54, 1.807) is 11.8 Å². The third-order valence-electron chi connectivity index (χ3n) is 3.55. The first-order valence-electron chi connectivity index (χ1n) is 6.17. The van der Waals surface area contributed by atoms with Gasteiger partial charge in [0.25, 0.3) is 0 Å². The van der Waals surface area contributed by atoms with Crippen molar-refractivity contribution < 1.29 is 14.7 Å². The molecule has 0 radical (unpaired) electrons. The van der Waals surface area contributed by atoms with Crippen LogP contribution in [0.3, 0.4) is 0 Å². The summed E-state index contributed by atoms with van der Waals surface area (Å²) in [5.41, 5.74) is -0.129. The standard InChI is InChI=1S/C14H17NO3S/c1-14(13(17)18,12(16)15-2)8-10-7-9-5-3-4-6-11(9)19-10/h3-6,10H,7-8H2,1-2H3,(H,15,16)(H,17,18). The van der Waals surface area contributed by atoms with Crippen LogP contribution in [0.5, 0.6) is 0 Å². The zero-order valence-corrected chi connectivity index (χ0v) is 11.8. The van der Waals surface area contributed by atoms with E-state index in [1.165, 1.54) is 24.4 Å². The van der Waals surface area contributed by atoms with Crippen molar-refractivity contribution in [1.29, 1.82) is 0 Å². The van der Waals surface area contributed by atoms with Gasteiger partial charge in [-0.3, -0.25) is 9.59 Å². The lowest BCUT2D eigenvalue weighted by Gasteiger charge is -2.25. The monoisotopic (exact) mass is 279 g/mol. The lowest BCUT2D eigenvalue weighted by atomic mass is 9.83. The molecule has 0 bridgehead atoms. The fourth-order valence-corrected chi connectivity index (χ4v) is 3.87. The predicted octanol–water partition coefficient (Wildman–Crippen LogP) is 1.93. The second-order valence-corrected chi connectivity index (χ2v) is 6.31. The van der Waals surface area contributed by atoms with Crippen LogP contribution in [0.15, 0.2) is 29.2 Å². The number of thioether (sulfide) groups is 1. The van der Waals surface area contributed by atoms with E-state index in [4.69, 9.17) is 0 Å². The van der Waals surface area contributed by atoms with E-state index >= 15 is 0 Å². The number of amides is 1. The number of benzene rings is 1. The number of hydrogen-bond donors (Lipinski definition) is 2. The maximum Gasteiger partial charge on any atom is 0.318 e. The third kappa shape index (κ3) is 2.61. The van der Waals surface area contributed by atoms with Gasteiger partial charge >= 0.3 is 5.97 Å². The largest absolute Gasteiger partial charge is 0.480 e. The van der Waals surface area contributed by atoms with Crippen molar-refractivity contribution in [3.05, 3.63) is 29.8 Å². The molecule has 0 spiro atoms. The molecule has 102 valence electrons. The van der Waals surface area contributed by atoms with Crippen molar-refractivity contribution in [3.8, 4) is 0 Å². The Balaban J connectivity index is 2.14. The Morgan fingerprint density at radius 2 is 2.16 bits per heavy atom. The molecule has 0 fully saturated rings. The van der Waals surface area contributed by atoms with Crippen LogP contribution < -0.4 is 5.32 Å². The van der Waals surface area contributed by atoms with E-state index < -0.39 is 17.3 Å². The highest BCUT2D eigenvalue weighted by molar-refractivity contribution is 8.00. The molecule has 1 heterocycles. The van der Waals surface area contributed by atoms with Gasteiger partial charge in [-0.05, 0) is 31.4 Å². The smallest absolute Gasteiger partial charge is 0.318 e. The van der Waals surface area contributed by atoms with Gasteiger partial charge in [-0.15, -0.1) is 11.8 Å². The maximum atomic E-state index is 11.8. The van der Waals surface area contributed by atoms with Crippen LogP contribution >= 0.6 is 11.8 Å². The van der Waals surface area contributed by atoms with Gasteiger partial charge in [0.2, 0.25) is 5.91 Å². The third-order valence-corrected chi connectivity index (χ3v) is 4.87. The average molecular weight is 279 g/mol. The molecule has 1 aliphatic heterocycles. The second kappa shape index (κ2) is 5.25. The van der Waals surface area contributed by atoms with Gasteiger partial charge in [-0.1, -0.05) is 18.2 Å². The fraction of sp³-hybridized carbons (Fsp3) is 0.429. The van der Waals surface area contributed by atoms with Crippen molar-refractivity contribution in [1.82, 2.24) is 5.32 Å². The highest BCUT2D eigenvalue weighted by Gasteiger charge is 2.43. The number of rotatable bonds is 4. The Kier molecular flexibility index (Phi) is 3.85. The van der Waals surface area contributed by atoms with E-state index in [0.717, 1.165) is 6.42 Å². The number of nitrogens with one attached hydrogen (secondary N) is 1. The zero-order valence-electron chi connectivity index (χ0n) is 11.0. The number of fused-ring (bicyclic) bond motifs is 1. The highest BCUT2D eigenvalue weighted by atomic mass is 32.2. The van der Waals surface area contributed by atoms with Crippen LogP contribution in [-0.4, -0.2) is 29.3 Å². The van der Waals surface area contributed by atoms with Gasteiger partial charge in [0.15, 0.2) is 0 Å². The molecule has 1 aliphatic rings. The van der Waals surface area contributed by atoms with E-state index in [-0.39, 0.29) is 5.25 Å². The molecule has 19 heavy (non-hydrogen) atoms. The predicted molar refractivity (Wildman–Crippen MR) is 74.2 cm³/mol. The molecule has 0 saturated heterocycles. The van der Waals surface area contributed by atoms with Gasteiger partial charge in [-0.25, -0.2) is 0 Å². The molecular formula is C14H17NO3S. The Hall–Kier alpha value is -1.49. The molecule has 0 aliphatic carbocycles. The van der Waals surface area contributed by atoms with Crippen molar-refractivity contribution in [2.45, 2.75) is 29.9 Å². The molecule has 0 aromatic heterocycles. The summed E-state index contributed by atoms with van der Waals surface area (Å²) in [5, 5.41) is 11.9. The second-order valence-electron chi connectivity index (χ2n) is 4.97. The molecule has 5 heteroatoms. The molecule has 1 aromatic rings. The van der Waals surface area contributed by atoms with Crippen LogP contribution in [0.25, 0.3) is 0 Å². The Morgan fingerprint density at radius 3 is 2.74 bits per heavy atom. The van der Waals surface area contributed by atoms with Crippen molar-refractivity contribution in [3.63, 3.8) is 0 Å². The summed E-state index contributed by atoms with van der Waals surface area (Å²) in [5.74, 6) is -1.50. The molecule has 1 aromatic carbocycles. The van der Waals surface area contributed by atoms with Gasteiger partial charge < -0.3 is 10.4 Å². The first-order chi connectivity index (χ1) is 8.97. The number of carboxylic acid groups (broad SMARTS) is 1. The molecule has 2 unspecified atom stereocenters. The first-order valence-corrected chi connectivity index (χ1v) is 7.05. The maximum absolute atomic E-state index is 11.8. The molecule has 2 atom stereocenters. The lowest BCUT2D eigenvalue weighted by Crippen LogP contribution is -2.44. The number of carbonyl (C=O) groups excluding carboxylic acids is 1. The minimum absolute atomic E-state index is 0.135. The van der Waals surface area contributed by atoms with Crippen LogP contribution in [0, 0.1) is 5.41 Å². The summed E-state index contributed by atoms with van der Waals surface area (Å²) >= 11 is 1.67. The Bertz CT molecular complexity index is 492. The number of hydrogen-bond acceptors (Lipinski definition) is 3. The Labute approximate surface area is 116 Å². The van der Waals surface area contributed by atoms with E-state index in [0.29, 0.717) is 6.42 Å². The summed E-state index contributed by atoms with van der Waals surface area (Å²) in [7, 11) is 1.47. The van der Waals surface area contributed by atoms with E-state index in [1.807, 2.05) is 18.2 Å². The fourth-order valence-electron chi connectivity index (χ4n) is 2.38. The normalized spacial score (nSPS) is 20.4. The van der Waals surface area contributed by atoms with E-state index in [9.17, 15) is 14.7 Å². The van der Waals surface area contributed by atoms with Crippen molar-refractivity contribution >= 4 is 23.6 Å². The van der Waals surface area contributed by atoms with Gasteiger partial charge in [0, 0.05) is 17.2 Å². The summed E-state index contributed by atoms with van der Waals surface area (Å²) in [6, 6.07) is 8.05. The van der Waals surface area contributed by atoms with Crippen molar-refractivity contribution in [2.24, 2.45) is 5.41 Å². The average Bonchev–Trinajstić information content (AvgIpc) is 2.79. The van der Waals surface area contributed by atoms with Crippen molar-refractivity contribution in [2.75, 3.05) is 7.05 Å². The minimum Gasteiger partial charge on any atom is -0.480 e. The van der Waals surface area contributed by atoms with Crippen LogP contribution in [0.1, 0.15) is 18.9 Å². The van der Waals surface area contributed by atoms with Gasteiger partial charge in [0.05, 0.1) is 0 Å². The molecule has 2 N–H and O–H groups in total. The number of carboxylic acids is 1. The Morgan fingerprint density at radius 1 is 1.47 bits per heavy atom. The first kappa shape index (κ1) is 13.9. The minimum atomic E-state index is -1.37. The number of carbonyl (C=O) groups is 2. The van der Waals surface area contributed by atoms with E-state index in [2.05, 4.69) is 11.4 Å². The lowest BCUT2D eigenvalue weighted by molar-refractivity contribution is -0.155. The zero-order chi connectivity index (χ0) is 14.0. The molecule has 0 saturated carbocycles. The summed E-state index contributed by atoms with van der Waals surface area (Å²) in [6.45, 7) is 1.50. The molecule has 1 amide bonds. The molecule has 2 rings (SSSR count). The van der Waals surface area contributed by atoms with Gasteiger partial charge in [-0.2, -0.15) is 0 Å². The highest BCUT2D eigenvalue weighted by Crippen LogP contribution is 2.42. The van der Waals surface area contributed by atoms with Crippen LogP contribution in [0.2, 0.25) is 0 Å². The summed E-state index contributed by atoms with van der Waals surface area (Å²) in [4.78, 5) is 24.4. The van der Waals surface area contributed by atoms with Crippen LogP contribution in [0.4, 0.5) is 0 Å². The van der Waals surface area contributed by atoms with Gasteiger partial charge in [0.1, 0.15) is 5.41 Å². The number of aliphatic carboxylic acids is 1.